The molecule has 1 aromatic rings. The van der Waals surface area contributed by atoms with Crippen LogP contribution in [0.4, 0.5) is 0 Å². The Morgan fingerprint density at radius 3 is 1.42 bits per heavy atom. The average molecular weight is 339 g/mol. The van der Waals surface area contributed by atoms with Crippen molar-refractivity contribution in [2.24, 2.45) is 7.05 Å². The number of rotatable bonds is 12. The molecule has 0 radical (unpaired) electrons. The Labute approximate surface area is 144 Å². The van der Waals surface area contributed by atoms with Crippen LogP contribution in [-0.4, -0.2) is 13.7 Å². The third kappa shape index (κ3) is 5.80. The van der Waals surface area contributed by atoms with Gasteiger partial charge in [-0.1, -0.05) is 65.2 Å². The molecular weight excluding hydrogens is 306 g/mol. The summed E-state index contributed by atoms with van der Waals surface area (Å²) < 4.78 is 3.49. The SMILES string of the molecule is CCCCCCCCn1c(=O)n(C)c(=O)n(CCCCCC)c1=O. The van der Waals surface area contributed by atoms with Gasteiger partial charge in [0.2, 0.25) is 0 Å². The highest BCUT2D eigenvalue weighted by molar-refractivity contribution is 4.77. The Morgan fingerprint density at radius 1 is 0.583 bits per heavy atom. The molecule has 138 valence electrons. The number of hydrogen-bond acceptors (Lipinski definition) is 3. The fourth-order valence-corrected chi connectivity index (χ4v) is 2.88. The molecule has 1 aromatic heterocycles. The van der Waals surface area contributed by atoms with Crippen LogP contribution in [0.3, 0.4) is 0 Å². The smallest absolute Gasteiger partial charge is 0.248 e. The van der Waals surface area contributed by atoms with E-state index < -0.39 is 17.1 Å². The van der Waals surface area contributed by atoms with Crippen molar-refractivity contribution >= 4 is 0 Å². The summed E-state index contributed by atoms with van der Waals surface area (Å²) in [5, 5.41) is 0. The molecule has 0 aliphatic rings. The Morgan fingerprint density at radius 2 is 0.958 bits per heavy atom. The van der Waals surface area contributed by atoms with E-state index >= 15 is 0 Å². The summed E-state index contributed by atoms with van der Waals surface area (Å²) in [6.45, 7) is 5.08. The van der Waals surface area contributed by atoms with Gasteiger partial charge in [0.15, 0.2) is 0 Å². The van der Waals surface area contributed by atoms with E-state index in [0.717, 1.165) is 49.5 Å². The fourth-order valence-electron chi connectivity index (χ4n) is 2.88. The largest absolute Gasteiger partial charge is 0.336 e. The number of hydrogen-bond donors (Lipinski definition) is 0. The molecule has 0 amide bonds. The summed E-state index contributed by atoms with van der Waals surface area (Å²) in [7, 11) is 1.45. The van der Waals surface area contributed by atoms with Gasteiger partial charge in [0, 0.05) is 20.1 Å². The molecule has 0 saturated carbocycles. The molecule has 24 heavy (non-hydrogen) atoms. The van der Waals surface area contributed by atoms with E-state index in [1.165, 1.54) is 35.4 Å². The van der Waals surface area contributed by atoms with E-state index in [9.17, 15) is 14.4 Å². The molecular formula is C18H33N3O3. The summed E-state index contributed by atoms with van der Waals surface area (Å²) in [4.78, 5) is 36.9. The van der Waals surface area contributed by atoms with Crippen LogP contribution >= 0.6 is 0 Å². The van der Waals surface area contributed by atoms with Crippen molar-refractivity contribution in [1.82, 2.24) is 13.7 Å². The predicted molar refractivity (Wildman–Crippen MR) is 97.7 cm³/mol. The summed E-state index contributed by atoms with van der Waals surface area (Å²) in [6.07, 6.45) is 10.5. The first-order chi connectivity index (χ1) is 11.5. The Balaban J connectivity index is 2.80. The van der Waals surface area contributed by atoms with Gasteiger partial charge >= 0.3 is 17.1 Å². The molecule has 1 rings (SSSR count). The second-order valence-corrected chi connectivity index (χ2v) is 6.54. The highest BCUT2D eigenvalue weighted by Gasteiger charge is 2.12. The molecule has 0 saturated heterocycles. The maximum atomic E-state index is 12.5. The van der Waals surface area contributed by atoms with Crippen molar-refractivity contribution in [3.63, 3.8) is 0 Å². The first-order valence-electron chi connectivity index (χ1n) is 9.45. The number of aromatic nitrogens is 3. The van der Waals surface area contributed by atoms with E-state index in [1.807, 2.05) is 0 Å². The second kappa shape index (κ2) is 11.0. The molecule has 1 heterocycles. The molecule has 6 nitrogen and oxygen atoms in total. The fraction of sp³-hybridized carbons (Fsp3) is 0.833. The van der Waals surface area contributed by atoms with Crippen LogP contribution in [0.1, 0.15) is 78.1 Å². The molecule has 0 atom stereocenters. The first kappa shape index (κ1) is 20.5. The van der Waals surface area contributed by atoms with Gasteiger partial charge < -0.3 is 0 Å². The van der Waals surface area contributed by atoms with E-state index in [2.05, 4.69) is 13.8 Å². The van der Waals surface area contributed by atoms with Crippen molar-refractivity contribution in [3.8, 4) is 0 Å². The van der Waals surface area contributed by atoms with E-state index in [1.54, 1.807) is 0 Å². The predicted octanol–water partition coefficient (Wildman–Crippen LogP) is 2.65. The average Bonchev–Trinajstić information content (AvgIpc) is 2.58. The van der Waals surface area contributed by atoms with Crippen LogP contribution in [-0.2, 0) is 20.1 Å². The van der Waals surface area contributed by atoms with Crippen LogP contribution in [0.25, 0.3) is 0 Å². The Bertz CT molecular complexity index is 655. The Hall–Kier alpha value is -1.59. The molecule has 0 unspecified atom stereocenters. The summed E-state index contributed by atoms with van der Waals surface area (Å²) in [5.74, 6) is 0. The summed E-state index contributed by atoms with van der Waals surface area (Å²) >= 11 is 0. The van der Waals surface area contributed by atoms with Gasteiger partial charge in [-0.15, -0.1) is 0 Å². The van der Waals surface area contributed by atoms with Crippen molar-refractivity contribution in [2.75, 3.05) is 0 Å². The molecule has 0 aliphatic heterocycles. The lowest BCUT2D eigenvalue weighted by molar-refractivity contribution is 0.439. The molecule has 0 bridgehead atoms. The lowest BCUT2D eigenvalue weighted by Gasteiger charge is -2.11. The lowest BCUT2D eigenvalue weighted by atomic mass is 10.1. The topological polar surface area (TPSA) is 66.0 Å². The van der Waals surface area contributed by atoms with Gasteiger partial charge in [0.25, 0.3) is 0 Å². The monoisotopic (exact) mass is 339 g/mol. The first-order valence-corrected chi connectivity index (χ1v) is 9.45. The zero-order valence-corrected chi connectivity index (χ0v) is 15.6. The van der Waals surface area contributed by atoms with Crippen LogP contribution in [0.5, 0.6) is 0 Å². The zero-order valence-electron chi connectivity index (χ0n) is 15.6. The van der Waals surface area contributed by atoms with Crippen molar-refractivity contribution < 1.29 is 0 Å². The quantitative estimate of drug-likeness (QED) is 0.550. The van der Waals surface area contributed by atoms with Gasteiger partial charge in [-0.05, 0) is 12.8 Å². The van der Waals surface area contributed by atoms with Crippen LogP contribution in [0.2, 0.25) is 0 Å². The molecule has 0 aromatic carbocycles. The maximum absolute atomic E-state index is 12.5. The van der Waals surface area contributed by atoms with Gasteiger partial charge in [-0.3, -0.25) is 0 Å². The van der Waals surface area contributed by atoms with Crippen LogP contribution < -0.4 is 17.1 Å². The number of unbranched alkanes of at least 4 members (excludes halogenated alkanes) is 8. The molecule has 6 heteroatoms. The van der Waals surface area contributed by atoms with Gasteiger partial charge in [0.05, 0.1) is 0 Å². The van der Waals surface area contributed by atoms with Crippen LogP contribution in [0.15, 0.2) is 14.4 Å². The minimum atomic E-state index is -0.499. The Kier molecular flexibility index (Phi) is 9.42. The van der Waals surface area contributed by atoms with E-state index in [-0.39, 0.29) is 0 Å². The molecule has 0 aliphatic carbocycles. The lowest BCUT2D eigenvalue weighted by Crippen LogP contribution is -2.53. The third-order valence-corrected chi connectivity index (χ3v) is 4.47. The highest BCUT2D eigenvalue weighted by atomic mass is 16.2. The summed E-state index contributed by atoms with van der Waals surface area (Å²) in [6, 6.07) is 0. The van der Waals surface area contributed by atoms with E-state index in [0.29, 0.717) is 13.1 Å². The third-order valence-electron chi connectivity index (χ3n) is 4.47. The highest BCUT2D eigenvalue weighted by Crippen LogP contribution is 2.05. The normalized spacial score (nSPS) is 11.1. The molecule has 0 fully saturated rings. The van der Waals surface area contributed by atoms with E-state index in [4.69, 9.17) is 0 Å². The van der Waals surface area contributed by atoms with Gasteiger partial charge in [-0.25, -0.2) is 28.1 Å². The molecule has 0 N–H and O–H groups in total. The minimum Gasteiger partial charge on any atom is -0.248 e. The maximum Gasteiger partial charge on any atom is 0.336 e. The second-order valence-electron chi connectivity index (χ2n) is 6.54. The molecule has 0 spiro atoms. The van der Waals surface area contributed by atoms with Crippen molar-refractivity contribution in [1.29, 1.82) is 0 Å². The van der Waals surface area contributed by atoms with Crippen molar-refractivity contribution in [2.45, 2.75) is 91.1 Å². The summed E-state index contributed by atoms with van der Waals surface area (Å²) in [5.41, 5.74) is -1.45. The standard InChI is InChI=1S/C18H33N3O3/c1-4-6-8-10-11-13-15-21-17(23)19(3)16(22)20(18(21)24)14-12-9-7-5-2/h4-15H2,1-3H3. The van der Waals surface area contributed by atoms with Gasteiger partial charge in [-0.2, -0.15) is 0 Å². The van der Waals surface area contributed by atoms with Crippen molar-refractivity contribution in [3.05, 3.63) is 31.5 Å². The zero-order chi connectivity index (χ0) is 17.9. The minimum absolute atomic E-state index is 0.391. The number of nitrogens with zero attached hydrogens (tertiary/aromatic N) is 3. The van der Waals surface area contributed by atoms with Gasteiger partial charge in [0.1, 0.15) is 0 Å². The van der Waals surface area contributed by atoms with Crippen LogP contribution in [0, 0.1) is 0 Å².